The summed E-state index contributed by atoms with van der Waals surface area (Å²) in [7, 11) is 0. The van der Waals surface area contributed by atoms with Gasteiger partial charge in [0.15, 0.2) is 6.61 Å². The first-order valence-electron chi connectivity index (χ1n) is 3.77. The van der Waals surface area contributed by atoms with Crippen LogP contribution in [-0.2, 0) is 0 Å². The van der Waals surface area contributed by atoms with E-state index in [-0.39, 0.29) is 11.4 Å². The second-order valence-corrected chi connectivity index (χ2v) is 4.17. The van der Waals surface area contributed by atoms with Gasteiger partial charge in [0.1, 0.15) is 0 Å². The van der Waals surface area contributed by atoms with Crippen molar-refractivity contribution in [2.75, 3.05) is 6.61 Å². The van der Waals surface area contributed by atoms with E-state index in [0.717, 1.165) is 28.8 Å². The fourth-order valence-electron chi connectivity index (χ4n) is 0.748. The Morgan fingerprint density at radius 2 is 2.27 bits per heavy atom. The van der Waals surface area contributed by atoms with Gasteiger partial charge in [-0.05, 0) is 6.07 Å². The van der Waals surface area contributed by atoms with Crippen molar-refractivity contribution in [3.05, 3.63) is 23.9 Å². The van der Waals surface area contributed by atoms with Gasteiger partial charge in [-0.3, -0.25) is 0 Å². The molecule has 0 aromatic carbocycles. The third-order valence-corrected chi connectivity index (χ3v) is 1.68. The molecular weight excluding hydrogens is 323 g/mol. The van der Waals surface area contributed by atoms with Crippen LogP contribution >= 0.6 is 22.6 Å². The minimum atomic E-state index is -2.97. The molecule has 0 saturated heterocycles. The number of carboxylic acids is 1. The van der Waals surface area contributed by atoms with E-state index < -0.39 is 16.5 Å². The van der Waals surface area contributed by atoms with Crippen LogP contribution < -0.4 is 4.74 Å². The summed E-state index contributed by atoms with van der Waals surface area (Å²) in [5.41, 5.74) is -0.0245. The van der Waals surface area contributed by atoms with E-state index in [1.807, 2.05) is 0 Å². The van der Waals surface area contributed by atoms with E-state index in [4.69, 9.17) is 5.11 Å². The highest BCUT2D eigenvalue weighted by molar-refractivity contribution is 14.1. The maximum absolute atomic E-state index is 12.4. The summed E-state index contributed by atoms with van der Waals surface area (Å²) < 4.78 is 26.4. The molecule has 1 aromatic rings. The molecule has 0 aliphatic carbocycles. The van der Waals surface area contributed by atoms with Crippen molar-refractivity contribution >= 4 is 28.6 Å². The Morgan fingerprint density at radius 1 is 1.60 bits per heavy atom. The lowest BCUT2D eigenvalue weighted by Gasteiger charge is -2.09. The van der Waals surface area contributed by atoms with Gasteiger partial charge >= 0.3 is 9.90 Å². The summed E-state index contributed by atoms with van der Waals surface area (Å²) in [6, 6.07) is 2.46. The van der Waals surface area contributed by atoms with Crippen molar-refractivity contribution in [1.29, 1.82) is 0 Å². The summed E-state index contributed by atoms with van der Waals surface area (Å²) in [5, 5.41) is 8.53. The maximum atomic E-state index is 12.4. The van der Waals surface area contributed by atoms with E-state index in [9.17, 15) is 13.6 Å². The molecule has 82 valence electrons. The second kappa shape index (κ2) is 4.69. The quantitative estimate of drug-likeness (QED) is 0.680. The lowest BCUT2D eigenvalue weighted by molar-refractivity contribution is 0.0622. The Labute approximate surface area is 97.4 Å². The van der Waals surface area contributed by atoms with Gasteiger partial charge in [0.25, 0.3) is 0 Å². The van der Waals surface area contributed by atoms with E-state index in [0.29, 0.717) is 0 Å². The van der Waals surface area contributed by atoms with Crippen LogP contribution in [0.15, 0.2) is 18.3 Å². The zero-order chi connectivity index (χ0) is 11.5. The molecular formula is C8H6F2INO3. The molecule has 0 atom stereocenters. The number of carbonyl (C=O) groups is 1. The lowest BCUT2D eigenvalue weighted by Crippen LogP contribution is -2.17. The van der Waals surface area contributed by atoms with Gasteiger partial charge in [0.2, 0.25) is 5.88 Å². The highest BCUT2D eigenvalue weighted by atomic mass is 127. The standard InChI is InChI=1S/C8H6F2INO3/c9-8(10,11)4-15-6-2-1-5(3-12-6)7(13)14/h1-3H,4H2,(H,13,14). The van der Waals surface area contributed by atoms with Gasteiger partial charge in [0.05, 0.1) is 5.56 Å². The molecule has 15 heavy (non-hydrogen) atoms. The van der Waals surface area contributed by atoms with E-state index in [1.165, 1.54) is 12.1 Å². The second-order valence-electron chi connectivity index (χ2n) is 2.59. The van der Waals surface area contributed by atoms with Crippen molar-refractivity contribution in [2.45, 2.75) is 3.93 Å². The molecule has 4 nitrogen and oxygen atoms in total. The number of alkyl halides is 3. The minimum absolute atomic E-state index is 0.0245. The van der Waals surface area contributed by atoms with Gasteiger partial charge in [-0.15, -0.1) is 0 Å². The number of carboxylic acid groups (broad SMARTS) is 1. The highest BCUT2D eigenvalue weighted by Gasteiger charge is 2.24. The Kier molecular flexibility index (Phi) is 3.77. The molecule has 0 bridgehead atoms. The van der Waals surface area contributed by atoms with Crippen LogP contribution in [0.25, 0.3) is 0 Å². The first-order valence-corrected chi connectivity index (χ1v) is 4.85. The van der Waals surface area contributed by atoms with Gasteiger partial charge in [-0.2, -0.15) is 8.78 Å². The number of rotatable bonds is 4. The number of aromatic nitrogens is 1. The van der Waals surface area contributed by atoms with Crippen LogP contribution in [0.5, 0.6) is 5.88 Å². The largest absolute Gasteiger partial charge is 0.478 e. The Hall–Kier alpha value is -0.990. The number of aromatic carboxylic acids is 1. The summed E-state index contributed by atoms with van der Waals surface area (Å²) in [4.78, 5) is 14.0. The lowest BCUT2D eigenvalue weighted by atomic mass is 10.3. The Morgan fingerprint density at radius 3 is 2.67 bits per heavy atom. The Balaban J connectivity index is 2.61. The third kappa shape index (κ3) is 4.36. The zero-order valence-corrected chi connectivity index (χ0v) is 9.44. The van der Waals surface area contributed by atoms with Crippen molar-refractivity contribution in [3.8, 4) is 5.88 Å². The Bertz CT molecular complexity index is 350. The average molecular weight is 329 g/mol. The van der Waals surface area contributed by atoms with Gasteiger partial charge < -0.3 is 9.84 Å². The minimum Gasteiger partial charge on any atom is -0.478 e. The monoisotopic (exact) mass is 329 g/mol. The summed E-state index contributed by atoms with van der Waals surface area (Å²) >= 11 is 0.940. The molecule has 1 heterocycles. The number of hydrogen-bond donors (Lipinski definition) is 1. The van der Waals surface area contributed by atoms with Crippen LogP contribution in [0.3, 0.4) is 0 Å². The first kappa shape index (κ1) is 12.1. The smallest absolute Gasteiger partial charge is 0.337 e. The molecule has 0 fully saturated rings. The van der Waals surface area contributed by atoms with Crippen molar-refractivity contribution in [3.63, 3.8) is 0 Å². The van der Waals surface area contributed by atoms with Crippen LogP contribution in [0.2, 0.25) is 0 Å². The van der Waals surface area contributed by atoms with Crippen molar-refractivity contribution in [2.24, 2.45) is 0 Å². The molecule has 0 aliphatic heterocycles. The van der Waals surface area contributed by atoms with Crippen molar-refractivity contribution < 1.29 is 23.4 Å². The molecule has 0 saturated carbocycles. The average Bonchev–Trinajstić information content (AvgIpc) is 2.14. The summed E-state index contributed by atoms with van der Waals surface area (Å²) in [6.07, 6.45) is 1.04. The maximum Gasteiger partial charge on any atom is 0.337 e. The predicted octanol–water partition coefficient (Wildman–Crippen LogP) is 2.19. The molecule has 0 unspecified atom stereocenters. The zero-order valence-electron chi connectivity index (χ0n) is 7.28. The predicted molar refractivity (Wildman–Crippen MR) is 55.7 cm³/mol. The number of nitrogens with zero attached hydrogens (tertiary/aromatic N) is 1. The molecule has 1 N–H and O–H groups in total. The van der Waals surface area contributed by atoms with Crippen LogP contribution in [0, 0.1) is 0 Å². The molecule has 1 rings (SSSR count). The SMILES string of the molecule is O=C(O)c1ccc(OCC(F)(F)I)nc1. The molecule has 0 aliphatic rings. The summed E-state index contributed by atoms with van der Waals surface area (Å²) in [6.45, 7) is -0.799. The first-order chi connectivity index (χ1) is 6.88. The van der Waals surface area contributed by atoms with Crippen LogP contribution in [-0.4, -0.2) is 26.6 Å². The molecule has 7 heteroatoms. The van der Waals surface area contributed by atoms with Gasteiger partial charge in [-0.1, -0.05) is 0 Å². The van der Waals surface area contributed by atoms with E-state index >= 15 is 0 Å². The van der Waals surface area contributed by atoms with E-state index in [1.54, 1.807) is 0 Å². The van der Waals surface area contributed by atoms with Crippen molar-refractivity contribution in [1.82, 2.24) is 4.98 Å². The van der Waals surface area contributed by atoms with Crippen LogP contribution in [0.1, 0.15) is 10.4 Å². The molecule has 0 spiro atoms. The van der Waals surface area contributed by atoms with Gasteiger partial charge in [0, 0.05) is 34.9 Å². The number of ether oxygens (including phenoxy) is 1. The normalized spacial score (nSPS) is 11.1. The van der Waals surface area contributed by atoms with Crippen LogP contribution in [0.4, 0.5) is 8.78 Å². The number of hydrogen-bond acceptors (Lipinski definition) is 3. The molecule has 0 amide bonds. The summed E-state index contributed by atoms with van der Waals surface area (Å²) in [5.74, 6) is -1.16. The third-order valence-electron chi connectivity index (χ3n) is 1.37. The highest BCUT2D eigenvalue weighted by Crippen LogP contribution is 2.23. The van der Waals surface area contributed by atoms with E-state index in [2.05, 4.69) is 9.72 Å². The number of pyridine rings is 1. The molecule has 0 radical (unpaired) electrons. The topological polar surface area (TPSA) is 59.4 Å². The van der Waals surface area contributed by atoms with Gasteiger partial charge in [-0.25, -0.2) is 9.78 Å². The fraction of sp³-hybridized carbons (Fsp3) is 0.250. The number of halogens is 3. The molecule has 1 aromatic heterocycles. The fourth-order valence-corrected chi connectivity index (χ4v) is 0.904.